The van der Waals surface area contributed by atoms with E-state index in [2.05, 4.69) is 15.7 Å². The summed E-state index contributed by atoms with van der Waals surface area (Å²) in [6.45, 7) is -0.652. The molecule has 16 heteroatoms. The minimum Gasteiger partial charge on any atom is -0.396 e. The number of carbonyl (C=O) groups is 2. The topological polar surface area (TPSA) is 143 Å². The normalized spacial score (nSPS) is 11.7. The van der Waals surface area contributed by atoms with Crippen LogP contribution in [0.5, 0.6) is 0 Å². The lowest BCUT2D eigenvalue weighted by atomic mass is 10.2. The third kappa shape index (κ3) is 7.52. The highest BCUT2D eigenvalue weighted by Crippen LogP contribution is 2.35. The molecule has 2 aromatic heterocycles. The number of nitrogens with zero attached hydrogens (tertiary/aromatic N) is 3. The van der Waals surface area contributed by atoms with E-state index < -0.39 is 33.9 Å². The molecule has 0 bridgehead atoms. The molecule has 0 aliphatic carbocycles. The molecule has 4 rings (SSSR count). The van der Waals surface area contributed by atoms with Gasteiger partial charge in [-0.2, -0.15) is 31.8 Å². The molecule has 222 valence electrons. The molecular weight excluding hydrogens is 599 g/mol. The highest BCUT2D eigenvalue weighted by atomic mass is 32.3. The summed E-state index contributed by atoms with van der Waals surface area (Å²) in [5, 5.41) is 18.5. The monoisotopic (exact) mass is 623 g/mol. The fraction of sp³-hybridized carbons (Fsp3) is 0.192. The zero-order valence-electron chi connectivity index (χ0n) is 21.8. The summed E-state index contributed by atoms with van der Waals surface area (Å²) < 4.78 is 70.9. The van der Waals surface area contributed by atoms with Crippen LogP contribution < -0.4 is 10.6 Å². The number of hydroxylamine groups is 2. The molecule has 0 aliphatic rings. The summed E-state index contributed by atoms with van der Waals surface area (Å²) in [6, 6.07) is 17.0. The summed E-state index contributed by atoms with van der Waals surface area (Å²) in [6.07, 6.45) is -4.69. The Morgan fingerprint density at radius 3 is 2.26 bits per heavy atom. The van der Waals surface area contributed by atoms with Gasteiger partial charge in [-0.3, -0.25) is 9.48 Å². The van der Waals surface area contributed by atoms with Crippen LogP contribution in [-0.2, 0) is 27.6 Å². The number of rotatable bonds is 10. The van der Waals surface area contributed by atoms with Gasteiger partial charge in [-0.15, -0.1) is 15.6 Å². The fourth-order valence-electron chi connectivity index (χ4n) is 3.63. The van der Waals surface area contributed by atoms with Crippen molar-refractivity contribution in [1.82, 2.24) is 14.8 Å². The van der Waals surface area contributed by atoms with Crippen molar-refractivity contribution in [3.05, 3.63) is 84.1 Å². The van der Waals surface area contributed by atoms with Gasteiger partial charge in [0.15, 0.2) is 5.69 Å². The Hall–Kier alpha value is -4.25. The van der Waals surface area contributed by atoms with Gasteiger partial charge in [0, 0.05) is 30.6 Å². The smallest absolute Gasteiger partial charge is 0.396 e. The predicted octanol–water partition coefficient (Wildman–Crippen LogP) is 4.96. The number of aryl methyl sites for hydroxylation is 1. The maximum absolute atomic E-state index is 13.1. The third-order valence-electron chi connectivity index (χ3n) is 5.61. The quantitative estimate of drug-likeness (QED) is 0.212. The number of hydrogen-bond donors (Lipinski definition) is 3. The molecule has 0 fully saturated rings. The lowest BCUT2D eigenvalue weighted by Crippen LogP contribution is -2.34. The number of amides is 3. The zero-order valence-corrected chi connectivity index (χ0v) is 23.5. The van der Waals surface area contributed by atoms with Crippen molar-refractivity contribution >= 4 is 44.8 Å². The predicted molar refractivity (Wildman–Crippen MR) is 148 cm³/mol. The van der Waals surface area contributed by atoms with Gasteiger partial charge >= 0.3 is 22.3 Å². The maximum atomic E-state index is 13.1. The van der Waals surface area contributed by atoms with Gasteiger partial charge in [-0.1, -0.05) is 18.2 Å². The van der Waals surface area contributed by atoms with Crippen LogP contribution in [0.2, 0.25) is 0 Å². The number of aliphatic hydroxyl groups excluding tert-OH is 1. The maximum Gasteiger partial charge on any atom is 0.435 e. The number of aromatic nitrogens is 2. The van der Waals surface area contributed by atoms with Crippen LogP contribution in [-0.4, -0.2) is 53.5 Å². The molecular formula is C26H24F3N5O6S2. The first-order valence-electron chi connectivity index (χ1n) is 12.2. The molecule has 0 atom stereocenters. The summed E-state index contributed by atoms with van der Waals surface area (Å²) in [7, 11) is -3.30. The third-order valence-corrected chi connectivity index (χ3v) is 8.38. The van der Waals surface area contributed by atoms with Gasteiger partial charge in [-0.25, -0.2) is 4.79 Å². The number of halogens is 3. The fourth-order valence-corrected chi connectivity index (χ4v) is 5.87. The number of thiophene rings is 1. The number of aliphatic hydroxyl groups is 1. The molecule has 2 aromatic carbocycles. The van der Waals surface area contributed by atoms with Gasteiger partial charge in [0.2, 0.25) is 0 Å². The van der Waals surface area contributed by atoms with Crippen molar-refractivity contribution in [3.8, 4) is 10.6 Å². The number of urea groups is 1. The minimum atomic E-state index is -4.68. The number of nitrogens with one attached hydrogen (secondary N) is 2. The number of alkyl halides is 3. The van der Waals surface area contributed by atoms with Crippen molar-refractivity contribution < 1.29 is 40.6 Å². The van der Waals surface area contributed by atoms with Gasteiger partial charge < -0.3 is 15.7 Å². The van der Waals surface area contributed by atoms with Crippen molar-refractivity contribution in [3.63, 3.8) is 0 Å². The number of hydrogen-bond acceptors (Lipinski definition) is 8. The molecule has 2 heterocycles. The average Bonchev–Trinajstić information content (AvgIpc) is 3.59. The highest BCUT2D eigenvalue weighted by molar-refractivity contribution is 7.89. The molecule has 42 heavy (non-hydrogen) atoms. The number of carbonyl (C=O) groups excluding carboxylic acids is 2. The van der Waals surface area contributed by atoms with Crippen LogP contribution in [0.3, 0.4) is 0 Å². The number of benzene rings is 2. The van der Waals surface area contributed by atoms with Crippen molar-refractivity contribution in [2.45, 2.75) is 16.8 Å². The minimum absolute atomic E-state index is 0.00845. The summed E-state index contributed by atoms with van der Waals surface area (Å²) in [5.41, 5.74) is -0.145. The van der Waals surface area contributed by atoms with Gasteiger partial charge in [0.25, 0.3) is 5.91 Å². The molecule has 0 saturated heterocycles. The van der Waals surface area contributed by atoms with Gasteiger partial charge in [-0.05, 0) is 61.0 Å². The van der Waals surface area contributed by atoms with E-state index in [0.717, 1.165) is 16.8 Å². The summed E-state index contributed by atoms with van der Waals surface area (Å²) in [4.78, 5) is 25.5. The van der Waals surface area contributed by atoms with Crippen molar-refractivity contribution in [2.24, 2.45) is 7.05 Å². The van der Waals surface area contributed by atoms with Gasteiger partial charge in [0.05, 0.1) is 17.1 Å². The Labute approximate surface area is 242 Å². The molecule has 3 amide bonds. The molecule has 0 radical (unpaired) electrons. The van der Waals surface area contributed by atoms with Crippen LogP contribution >= 0.6 is 11.3 Å². The molecule has 0 saturated carbocycles. The second-order valence-corrected chi connectivity index (χ2v) is 11.5. The zero-order chi connectivity index (χ0) is 30.5. The van der Waals surface area contributed by atoms with Crippen LogP contribution in [0.25, 0.3) is 10.6 Å². The Balaban J connectivity index is 1.47. The van der Waals surface area contributed by atoms with E-state index in [1.54, 1.807) is 30.3 Å². The standard InChI is InChI=1S/C26H24F3N5O6S2/c1-33-20(16-22(32-33)26(27,28)29)21-12-13-23(41-21)42(38,39)40-34(14-5-15-35)24(36)17-8-10-19(11-9-17)31-25(37)30-18-6-3-2-4-7-18/h2-4,6-13,16,35H,5,14-15H2,1H3,(H2,30,31,37). The van der Waals surface area contributed by atoms with E-state index >= 15 is 0 Å². The van der Waals surface area contributed by atoms with Crippen LogP contribution in [0.15, 0.2) is 77.0 Å². The first-order chi connectivity index (χ1) is 19.9. The number of para-hydroxylation sites is 1. The Kier molecular flexibility index (Phi) is 9.30. The van der Waals surface area contributed by atoms with E-state index in [1.807, 2.05) is 0 Å². The Morgan fingerprint density at radius 2 is 1.67 bits per heavy atom. The average molecular weight is 624 g/mol. The first kappa shape index (κ1) is 30.7. The second kappa shape index (κ2) is 12.7. The molecule has 11 nitrogen and oxygen atoms in total. The molecule has 3 N–H and O–H groups in total. The summed E-state index contributed by atoms with van der Waals surface area (Å²) in [5.74, 6) is -0.842. The number of anilines is 2. The molecule has 0 aliphatic heterocycles. The van der Waals surface area contributed by atoms with E-state index in [0.29, 0.717) is 27.8 Å². The first-order valence-corrected chi connectivity index (χ1v) is 14.4. The van der Waals surface area contributed by atoms with Gasteiger partial charge in [0.1, 0.15) is 4.21 Å². The van der Waals surface area contributed by atoms with E-state index in [-0.39, 0.29) is 39.9 Å². The Morgan fingerprint density at radius 1 is 1.02 bits per heavy atom. The second-order valence-electron chi connectivity index (χ2n) is 8.69. The Bertz CT molecular complexity index is 1660. The van der Waals surface area contributed by atoms with E-state index in [1.165, 1.54) is 37.4 Å². The van der Waals surface area contributed by atoms with Crippen LogP contribution in [0.4, 0.5) is 29.3 Å². The lowest BCUT2D eigenvalue weighted by molar-refractivity contribution is -0.141. The lowest BCUT2D eigenvalue weighted by Gasteiger charge is -2.20. The van der Waals surface area contributed by atoms with E-state index in [9.17, 15) is 36.3 Å². The molecule has 4 aromatic rings. The largest absolute Gasteiger partial charge is 0.435 e. The summed E-state index contributed by atoms with van der Waals surface area (Å²) >= 11 is 0.638. The van der Waals surface area contributed by atoms with Crippen LogP contribution in [0.1, 0.15) is 22.5 Å². The van der Waals surface area contributed by atoms with Crippen LogP contribution in [0, 0.1) is 0 Å². The molecule has 0 unspecified atom stereocenters. The van der Waals surface area contributed by atoms with Crippen molar-refractivity contribution in [1.29, 1.82) is 0 Å². The SMILES string of the molecule is Cn1nc(C(F)(F)F)cc1-c1ccc(S(=O)(=O)ON(CCCO)C(=O)c2ccc(NC(=O)Nc3ccccc3)cc2)s1. The highest BCUT2D eigenvalue weighted by Gasteiger charge is 2.35. The molecule has 0 spiro atoms. The van der Waals surface area contributed by atoms with E-state index in [4.69, 9.17) is 4.28 Å². The van der Waals surface area contributed by atoms with Crippen molar-refractivity contribution in [2.75, 3.05) is 23.8 Å².